The van der Waals surface area contributed by atoms with E-state index in [2.05, 4.69) is 97.1 Å². The Kier molecular flexibility index (Phi) is 4.46. The van der Waals surface area contributed by atoms with E-state index in [0.29, 0.717) is 0 Å². The summed E-state index contributed by atoms with van der Waals surface area (Å²) < 4.78 is 4.77. The van der Waals surface area contributed by atoms with Crippen LogP contribution in [0, 0.1) is 0 Å². The standard InChI is InChI=1S/C24H20ClSe/c25-26(21-13-5-1-6-14-21,22-15-7-2-8-16-22,23-17-9-3-10-18-23)24-19-11-4-12-20-24/h1-20H. The number of benzene rings is 4. The van der Waals surface area contributed by atoms with Crippen LogP contribution in [0.5, 0.6) is 0 Å². The van der Waals surface area contributed by atoms with E-state index in [9.17, 15) is 0 Å². The van der Waals surface area contributed by atoms with Crippen LogP contribution < -0.4 is 17.8 Å². The van der Waals surface area contributed by atoms with E-state index in [-0.39, 0.29) is 0 Å². The van der Waals surface area contributed by atoms with Crippen LogP contribution in [-0.4, -0.2) is 10.9 Å². The Balaban J connectivity index is 2.23. The summed E-state index contributed by atoms with van der Waals surface area (Å²) in [5.74, 6) is 0. The predicted molar refractivity (Wildman–Crippen MR) is 116 cm³/mol. The molecular weight excluding hydrogens is 403 g/mol. The Hall–Kier alpha value is -2.31. The van der Waals surface area contributed by atoms with Gasteiger partial charge in [0.05, 0.1) is 0 Å². The van der Waals surface area contributed by atoms with Crippen LogP contribution in [0.2, 0.25) is 0 Å². The average molecular weight is 423 g/mol. The molecule has 0 fully saturated rings. The molecular formula is C24H20ClSe. The van der Waals surface area contributed by atoms with Crippen molar-refractivity contribution in [1.29, 1.82) is 0 Å². The first-order chi connectivity index (χ1) is 12.7. The first-order valence-corrected chi connectivity index (χ1v) is 14.3. The van der Waals surface area contributed by atoms with Crippen molar-refractivity contribution in [1.82, 2.24) is 0 Å². The van der Waals surface area contributed by atoms with Crippen LogP contribution in [0.1, 0.15) is 0 Å². The van der Waals surface area contributed by atoms with E-state index in [1.165, 1.54) is 17.8 Å². The van der Waals surface area contributed by atoms with Crippen LogP contribution in [0.4, 0.5) is 0 Å². The molecule has 1 radical (unpaired) electrons. The molecule has 26 heavy (non-hydrogen) atoms. The van der Waals surface area contributed by atoms with Crippen molar-refractivity contribution in [3.63, 3.8) is 0 Å². The molecule has 0 aromatic heterocycles. The van der Waals surface area contributed by atoms with E-state index in [4.69, 9.17) is 10.1 Å². The second-order valence-electron chi connectivity index (χ2n) is 6.17. The summed E-state index contributed by atoms with van der Waals surface area (Å²) in [6.45, 7) is 0. The maximum atomic E-state index is 8.07. The van der Waals surface area contributed by atoms with Crippen LogP contribution >= 0.6 is 10.1 Å². The van der Waals surface area contributed by atoms with Gasteiger partial charge in [0.15, 0.2) is 0 Å². The van der Waals surface area contributed by atoms with E-state index < -0.39 is 10.9 Å². The van der Waals surface area contributed by atoms with Gasteiger partial charge in [-0.05, 0) is 0 Å². The summed E-state index contributed by atoms with van der Waals surface area (Å²) in [4.78, 5) is 0. The summed E-state index contributed by atoms with van der Waals surface area (Å²) in [5, 5.41) is 0. The summed E-state index contributed by atoms with van der Waals surface area (Å²) >= 11 is 0. The van der Waals surface area contributed by atoms with Gasteiger partial charge in [0.2, 0.25) is 0 Å². The first-order valence-electron chi connectivity index (χ1n) is 8.61. The molecule has 4 aromatic rings. The van der Waals surface area contributed by atoms with E-state index >= 15 is 0 Å². The Bertz CT molecular complexity index is 814. The molecule has 0 heterocycles. The van der Waals surface area contributed by atoms with Crippen molar-refractivity contribution in [2.24, 2.45) is 0 Å². The maximum absolute atomic E-state index is 8.07. The second-order valence-corrected chi connectivity index (χ2v) is 17.2. The van der Waals surface area contributed by atoms with Gasteiger partial charge in [0.25, 0.3) is 0 Å². The molecule has 0 aliphatic rings. The normalized spacial score (nSPS) is 12.9. The Morgan fingerprint density at radius 2 is 0.538 bits per heavy atom. The number of hydrogen-bond acceptors (Lipinski definition) is 0. The monoisotopic (exact) mass is 423 g/mol. The molecule has 0 spiro atoms. The third-order valence-electron chi connectivity index (χ3n) is 4.74. The van der Waals surface area contributed by atoms with Gasteiger partial charge in [0, 0.05) is 0 Å². The zero-order valence-electron chi connectivity index (χ0n) is 14.3. The molecule has 0 nitrogen and oxygen atoms in total. The van der Waals surface area contributed by atoms with Crippen molar-refractivity contribution < 1.29 is 0 Å². The van der Waals surface area contributed by atoms with Gasteiger partial charge in [-0.25, -0.2) is 0 Å². The molecule has 4 aromatic carbocycles. The van der Waals surface area contributed by atoms with Crippen LogP contribution in [-0.2, 0) is 0 Å². The van der Waals surface area contributed by atoms with Crippen molar-refractivity contribution in [2.75, 3.05) is 0 Å². The van der Waals surface area contributed by atoms with Gasteiger partial charge in [-0.3, -0.25) is 0 Å². The third kappa shape index (κ3) is 2.44. The second kappa shape index (κ2) is 6.78. The molecule has 129 valence electrons. The molecule has 0 aliphatic heterocycles. The van der Waals surface area contributed by atoms with Crippen LogP contribution in [0.25, 0.3) is 0 Å². The molecule has 2 heteroatoms. The fourth-order valence-electron chi connectivity index (χ4n) is 3.52. The van der Waals surface area contributed by atoms with Gasteiger partial charge in [-0.2, -0.15) is 0 Å². The fraction of sp³-hybridized carbons (Fsp3) is 0. The van der Waals surface area contributed by atoms with Crippen molar-refractivity contribution >= 4 is 38.8 Å². The van der Waals surface area contributed by atoms with Gasteiger partial charge in [-0.15, -0.1) is 0 Å². The molecule has 0 bridgehead atoms. The van der Waals surface area contributed by atoms with Crippen molar-refractivity contribution in [2.45, 2.75) is 0 Å². The van der Waals surface area contributed by atoms with Crippen LogP contribution in [0.15, 0.2) is 121 Å². The molecule has 0 amide bonds. The summed E-state index contributed by atoms with van der Waals surface area (Å²) in [6.07, 6.45) is 0. The molecule has 0 N–H and O–H groups in total. The zero-order chi connectivity index (χ0) is 17.9. The molecule has 0 aliphatic carbocycles. The van der Waals surface area contributed by atoms with E-state index in [0.717, 1.165) is 0 Å². The Labute approximate surface area is 159 Å². The van der Waals surface area contributed by atoms with Gasteiger partial charge in [0.1, 0.15) is 0 Å². The average Bonchev–Trinajstić information content (AvgIpc) is 2.76. The van der Waals surface area contributed by atoms with Crippen molar-refractivity contribution in [3.05, 3.63) is 121 Å². The zero-order valence-corrected chi connectivity index (χ0v) is 16.8. The Morgan fingerprint density at radius 3 is 0.731 bits per heavy atom. The SMILES string of the molecule is Cl[Se](c1ccccc1)(c1ccccc1)(c1ccccc1)c1ccccc1. The van der Waals surface area contributed by atoms with E-state index in [1.807, 2.05) is 24.3 Å². The molecule has 0 saturated carbocycles. The number of hydrogen-bond donors (Lipinski definition) is 0. The topological polar surface area (TPSA) is 0 Å². The predicted octanol–water partition coefficient (Wildman–Crippen LogP) is 3.75. The minimum atomic E-state index is -3.89. The molecule has 0 unspecified atom stereocenters. The van der Waals surface area contributed by atoms with Crippen molar-refractivity contribution in [3.8, 4) is 0 Å². The van der Waals surface area contributed by atoms with Crippen LogP contribution in [0.3, 0.4) is 0 Å². The molecule has 0 atom stereocenters. The number of rotatable bonds is 4. The van der Waals surface area contributed by atoms with E-state index in [1.54, 1.807) is 0 Å². The van der Waals surface area contributed by atoms with Gasteiger partial charge in [-0.1, -0.05) is 0 Å². The Morgan fingerprint density at radius 1 is 0.346 bits per heavy atom. The minimum absolute atomic E-state index is 1.19. The number of halogens is 1. The third-order valence-corrected chi connectivity index (χ3v) is 18.2. The van der Waals surface area contributed by atoms with Gasteiger partial charge < -0.3 is 0 Å². The van der Waals surface area contributed by atoms with Gasteiger partial charge >= 0.3 is 160 Å². The quantitative estimate of drug-likeness (QED) is 0.439. The molecule has 4 rings (SSSR count). The molecule has 0 saturated heterocycles. The summed E-state index contributed by atoms with van der Waals surface area (Å²) in [7, 11) is 4.17. The summed E-state index contributed by atoms with van der Waals surface area (Å²) in [5.41, 5.74) is 0. The first kappa shape index (κ1) is 17.1. The fourth-order valence-corrected chi connectivity index (χ4v) is 14.7. The summed E-state index contributed by atoms with van der Waals surface area (Å²) in [6, 6.07) is 42.3.